The molecule has 4 nitrogen and oxygen atoms in total. The van der Waals surface area contributed by atoms with Crippen molar-refractivity contribution in [2.45, 2.75) is 4.90 Å². The van der Waals surface area contributed by atoms with Crippen molar-refractivity contribution in [3.8, 4) is 11.3 Å². The highest BCUT2D eigenvalue weighted by atomic mass is 79.9. The molecule has 0 unspecified atom stereocenters. The third-order valence-corrected chi connectivity index (χ3v) is 3.71. The average molecular weight is 313 g/mol. The van der Waals surface area contributed by atoms with Crippen LogP contribution >= 0.6 is 15.9 Å². The van der Waals surface area contributed by atoms with Crippen molar-refractivity contribution in [2.24, 2.45) is 0 Å². The van der Waals surface area contributed by atoms with E-state index in [0.29, 0.717) is 9.63 Å². The van der Waals surface area contributed by atoms with Gasteiger partial charge >= 0.3 is 0 Å². The zero-order valence-corrected chi connectivity index (χ0v) is 11.4. The Kier molecular flexibility index (Phi) is 3.26. The Labute approximate surface area is 108 Å². The van der Waals surface area contributed by atoms with Gasteiger partial charge < -0.3 is 0 Å². The second-order valence-corrected chi connectivity index (χ2v) is 6.23. The molecule has 6 heteroatoms. The van der Waals surface area contributed by atoms with Gasteiger partial charge in [-0.05, 0) is 34.1 Å². The van der Waals surface area contributed by atoms with E-state index in [2.05, 4.69) is 25.9 Å². The van der Waals surface area contributed by atoms with Gasteiger partial charge in [0.15, 0.2) is 14.6 Å². The number of sulfone groups is 1. The topological polar surface area (TPSA) is 59.9 Å². The summed E-state index contributed by atoms with van der Waals surface area (Å²) in [7, 11) is -3.15. The van der Waals surface area contributed by atoms with Crippen LogP contribution in [0.5, 0.6) is 0 Å². The molecular weight excluding hydrogens is 304 g/mol. The number of aromatic nitrogens is 2. The molecule has 17 heavy (non-hydrogen) atoms. The molecule has 2 rings (SSSR count). The van der Waals surface area contributed by atoms with Gasteiger partial charge in [0.05, 0.1) is 10.6 Å². The van der Waals surface area contributed by atoms with Gasteiger partial charge in [-0.1, -0.05) is 12.1 Å². The fourth-order valence-electron chi connectivity index (χ4n) is 1.37. The molecule has 0 spiro atoms. The third-order valence-electron chi connectivity index (χ3n) is 2.20. The van der Waals surface area contributed by atoms with Crippen LogP contribution in [0, 0.1) is 0 Å². The first-order valence-corrected chi connectivity index (χ1v) is 7.44. The van der Waals surface area contributed by atoms with Crippen molar-refractivity contribution in [2.75, 3.05) is 6.26 Å². The van der Waals surface area contributed by atoms with E-state index in [1.807, 2.05) is 0 Å². The number of nitrogens with zero attached hydrogens (tertiary/aromatic N) is 2. The van der Waals surface area contributed by atoms with Gasteiger partial charge in [0, 0.05) is 18.0 Å². The number of benzene rings is 1. The van der Waals surface area contributed by atoms with Crippen molar-refractivity contribution < 1.29 is 8.42 Å². The first-order chi connectivity index (χ1) is 7.97. The second-order valence-electron chi connectivity index (χ2n) is 3.51. The molecule has 0 saturated carbocycles. The summed E-state index contributed by atoms with van der Waals surface area (Å²) < 4.78 is 23.1. The lowest BCUT2D eigenvalue weighted by Crippen LogP contribution is -1.96. The lowest BCUT2D eigenvalue weighted by atomic mass is 10.1. The summed E-state index contributed by atoms with van der Waals surface area (Å²) in [5.41, 5.74) is 1.59. The lowest BCUT2D eigenvalue weighted by Gasteiger charge is -2.02. The Hall–Kier alpha value is -1.27. The van der Waals surface area contributed by atoms with Crippen molar-refractivity contribution in [1.29, 1.82) is 0 Å². The summed E-state index contributed by atoms with van der Waals surface area (Å²) in [4.78, 5) is 8.42. The molecular formula is C11H9BrN2O2S. The molecule has 88 valence electrons. The Morgan fingerprint density at radius 1 is 1.12 bits per heavy atom. The molecule has 1 aromatic heterocycles. The van der Waals surface area contributed by atoms with E-state index in [1.54, 1.807) is 36.5 Å². The van der Waals surface area contributed by atoms with E-state index in [1.165, 1.54) is 6.26 Å². The van der Waals surface area contributed by atoms with E-state index in [-0.39, 0.29) is 0 Å². The molecule has 1 aromatic carbocycles. The Morgan fingerprint density at radius 2 is 1.76 bits per heavy atom. The molecule has 0 fully saturated rings. The second kappa shape index (κ2) is 4.54. The zero-order valence-electron chi connectivity index (χ0n) is 8.96. The molecule has 0 radical (unpaired) electrons. The van der Waals surface area contributed by atoms with Crippen LogP contribution in [0.15, 0.2) is 46.2 Å². The standard InChI is InChI=1S/C11H9BrN2O2S/c1-17(15,16)9-4-2-8(3-5-9)10-6-7-13-11(12)14-10/h2-7H,1H3. The van der Waals surface area contributed by atoms with Gasteiger partial charge in [0.25, 0.3) is 0 Å². The Bertz CT molecular complexity index is 639. The molecule has 0 saturated heterocycles. The summed E-state index contributed by atoms with van der Waals surface area (Å²) in [6, 6.07) is 8.36. The summed E-state index contributed by atoms with van der Waals surface area (Å²) in [5, 5.41) is 0. The van der Waals surface area contributed by atoms with Crippen LogP contribution in [0.4, 0.5) is 0 Å². The molecule has 0 aliphatic carbocycles. The monoisotopic (exact) mass is 312 g/mol. The predicted octanol–water partition coefficient (Wildman–Crippen LogP) is 2.31. The van der Waals surface area contributed by atoms with Crippen LogP contribution in [-0.4, -0.2) is 24.6 Å². The normalized spacial score (nSPS) is 11.4. The smallest absolute Gasteiger partial charge is 0.197 e. The third kappa shape index (κ3) is 2.89. The minimum atomic E-state index is -3.15. The maximum Gasteiger partial charge on any atom is 0.197 e. The molecule has 0 atom stereocenters. The molecule has 2 aromatic rings. The highest BCUT2D eigenvalue weighted by Gasteiger charge is 2.07. The molecule has 0 N–H and O–H groups in total. The highest BCUT2D eigenvalue weighted by Crippen LogP contribution is 2.20. The molecule has 1 heterocycles. The molecule has 0 amide bonds. The summed E-state index contributed by atoms with van der Waals surface area (Å²) in [6.45, 7) is 0. The summed E-state index contributed by atoms with van der Waals surface area (Å²) in [6.07, 6.45) is 2.82. The minimum Gasteiger partial charge on any atom is -0.231 e. The fraction of sp³-hybridized carbons (Fsp3) is 0.0909. The van der Waals surface area contributed by atoms with Gasteiger partial charge in [-0.2, -0.15) is 0 Å². The summed E-state index contributed by atoms with van der Waals surface area (Å²) >= 11 is 3.19. The van der Waals surface area contributed by atoms with E-state index < -0.39 is 9.84 Å². The lowest BCUT2D eigenvalue weighted by molar-refractivity contribution is 0.602. The first-order valence-electron chi connectivity index (χ1n) is 4.76. The van der Waals surface area contributed by atoms with E-state index in [0.717, 1.165) is 11.3 Å². The van der Waals surface area contributed by atoms with Gasteiger partial charge in [0.1, 0.15) is 0 Å². The Balaban J connectivity index is 2.43. The molecule has 0 aliphatic rings. The van der Waals surface area contributed by atoms with Gasteiger partial charge in [0.2, 0.25) is 0 Å². The largest absolute Gasteiger partial charge is 0.231 e. The Morgan fingerprint density at radius 3 is 2.29 bits per heavy atom. The van der Waals surface area contributed by atoms with Crippen molar-refractivity contribution in [1.82, 2.24) is 9.97 Å². The van der Waals surface area contributed by atoms with Crippen LogP contribution in [0.2, 0.25) is 0 Å². The van der Waals surface area contributed by atoms with Crippen LogP contribution in [-0.2, 0) is 9.84 Å². The van der Waals surface area contributed by atoms with Gasteiger partial charge in [-0.15, -0.1) is 0 Å². The number of halogens is 1. The van der Waals surface area contributed by atoms with Crippen molar-refractivity contribution >= 4 is 25.8 Å². The molecule has 0 aliphatic heterocycles. The van der Waals surface area contributed by atoms with E-state index in [9.17, 15) is 8.42 Å². The maximum atomic E-state index is 11.3. The average Bonchev–Trinajstić information content (AvgIpc) is 2.28. The van der Waals surface area contributed by atoms with Gasteiger partial charge in [-0.25, -0.2) is 18.4 Å². The SMILES string of the molecule is CS(=O)(=O)c1ccc(-c2ccnc(Br)n2)cc1. The van der Waals surface area contributed by atoms with Gasteiger partial charge in [-0.3, -0.25) is 0 Å². The number of hydrogen-bond donors (Lipinski definition) is 0. The van der Waals surface area contributed by atoms with E-state index >= 15 is 0 Å². The van der Waals surface area contributed by atoms with Crippen molar-refractivity contribution in [3.63, 3.8) is 0 Å². The van der Waals surface area contributed by atoms with Crippen LogP contribution in [0.1, 0.15) is 0 Å². The van der Waals surface area contributed by atoms with Crippen LogP contribution in [0.3, 0.4) is 0 Å². The van der Waals surface area contributed by atoms with Crippen LogP contribution in [0.25, 0.3) is 11.3 Å². The zero-order chi connectivity index (χ0) is 12.5. The quantitative estimate of drug-likeness (QED) is 0.798. The maximum absolute atomic E-state index is 11.3. The highest BCUT2D eigenvalue weighted by molar-refractivity contribution is 9.10. The fourth-order valence-corrected chi connectivity index (χ4v) is 2.31. The van der Waals surface area contributed by atoms with Crippen LogP contribution < -0.4 is 0 Å². The predicted molar refractivity (Wildman–Crippen MR) is 68.3 cm³/mol. The minimum absolute atomic E-state index is 0.300. The number of rotatable bonds is 2. The van der Waals surface area contributed by atoms with E-state index in [4.69, 9.17) is 0 Å². The first kappa shape index (κ1) is 12.2. The summed E-state index contributed by atoms with van der Waals surface area (Å²) in [5.74, 6) is 0. The van der Waals surface area contributed by atoms with Crippen molar-refractivity contribution in [3.05, 3.63) is 41.3 Å². The molecule has 0 bridgehead atoms. The number of hydrogen-bond acceptors (Lipinski definition) is 4.